The highest BCUT2D eigenvalue weighted by atomic mass is 31.2. The van der Waals surface area contributed by atoms with E-state index in [1.807, 2.05) is 33.3 Å². The molecule has 0 bridgehead atoms. The van der Waals surface area contributed by atoms with Crippen LogP contribution >= 0.6 is 7.82 Å². The first kappa shape index (κ1) is 75.2. The predicted molar refractivity (Wildman–Crippen MR) is 337 cm³/mol. The van der Waals surface area contributed by atoms with Gasteiger partial charge in [0.25, 0.3) is 0 Å². The van der Waals surface area contributed by atoms with Crippen molar-refractivity contribution in [2.75, 3.05) is 40.9 Å². The summed E-state index contributed by atoms with van der Waals surface area (Å²) in [5.41, 5.74) is 0. The van der Waals surface area contributed by atoms with Gasteiger partial charge in [-0.2, -0.15) is 0 Å². The number of allylic oxidation sites excluding steroid dienone is 13. The summed E-state index contributed by atoms with van der Waals surface area (Å²) >= 11 is 0. The molecule has 10 heteroatoms. The summed E-state index contributed by atoms with van der Waals surface area (Å²) in [4.78, 5) is 37.7. The van der Waals surface area contributed by atoms with Gasteiger partial charge >= 0.3 is 13.8 Å². The lowest BCUT2D eigenvalue weighted by molar-refractivity contribution is -0.870. The van der Waals surface area contributed by atoms with Gasteiger partial charge in [0, 0.05) is 12.8 Å². The molecule has 0 spiro atoms. The third-order valence-electron chi connectivity index (χ3n) is 14.1. The fourth-order valence-corrected chi connectivity index (χ4v) is 9.82. The second kappa shape index (κ2) is 57.4. The molecule has 0 fully saturated rings. The van der Waals surface area contributed by atoms with Crippen LogP contribution in [0.15, 0.2) is 85.1 Å². The van der Waals surface area contributed by atoms with E-state index in [9.17, 15) is 19.0 Å². The molecule has 0 rings (SSSR count). The Morgan fingerprint density at radius 1 is 0.462 bits per heavy atom. The minimum absolute atomic E-state index is 0.0351. The van der Waals surface area contributed by atoms with Crippen LogP contribution in [-0.2, 0) is 27.9 Å². The largest absolute Gasteiger partial charge is 0.472 e. The SMILES string of the molecule is CC/C=C\C/C=C\C/C=C\C/C=C\C/C=C\CCCCCCCCCCCCCC(=O)NC(COP(=O)(O)OCC[N+](C)(C)C)C(/C=C\CCCCCCCCCCCC)OC(=O)CCCCC/C=C\CCCCCCCC. The molecule has 1 amide bonds. The minimum atomic E-state index is -4.45. The number of hydrogen-bond donors (Lipinski definition) is 2. The van der Waals surface area contributed by atoms with Gasteiger partial charge in [0.05, 0.1) is 33.8 Å². The number of ether oxygens (including phenoxy) is 1. The molecular formula is C68H124N2O7P+. The maximum absolute atomic E-state index is 13.6. The summed E-state index contributed by atoms with van der Waals surface area (Å²) < 4.78 is 30.7. The van der Waals surface area contributed by atoms with Gasteiger partial charge in [-0.1, -0.05) is 254 Å². The number of quaternary nitrogens is 1. The third-order valence-corrected chi connectivity index (χ3v) is 15.1. The van der Waals surface area contributed by atoms with Crippen molar-refractivity contribution in [1.82, 2.24) is 5.32 Å². The summed E-state index contributed by atoms with van der Waals surface area (Å²) in [5, 5.41) is 3.05. The molecule has 0 saturated carbocycles. The molecule has 452 valence electrons. The van der Waals surface area contributed by atoms with Gasteiger partial charge < -0.3 is 19.4 Å². The lowest BCUT2D eigenvalue weighted by Gasteiger charge is -2.27. The molecule has 3 unspecified atom stereocenters. The number of amides is 1. The lowest BCUT2D eigenvalue weighted by atomic mass is 10.0. The summed E-state index contributed by atoms with van der Waals surface area (Å²) in [6, 6.07) is -0.859. The number of nitrogens with zero attached hydrogens (tertiary/aromatic N) is 1. The number of carbonyl (C=O) groups excluding carboxylic acids is 2. The van der Waals surface area contributed by atoms with E-state index in [0.29, 0.717) is 23.9 Å². The molecule has 0 aromatic heterocycles. The Labute approximate surface area is 482 Å². The first-order valence-corrected chi connectivity index (χ1v) is 33.9. The topological polar surface area (TPSA) is 111 Å². The van der Waals surface area contributed by atoms with Gasteiger partial charge in [-0.3, -0.25) is 18.6 Å². The van der Waals surface area contributed by atoms with Crippen molar-refractivity contribution in [2.45, 2.75) is 296 Å². The zero-order valence-electron chi connectivity index (χ0n) is 51.6. The molecule has 0 aromatic carbocycles. The average molecular weight is 1110 g/mol. The number of carbonyl (C=O) groups is 2. The Bertz CT molecular complexity index is 1610. The quantitative estimate of drug-likeness (QED) is 0.0205. The highest BCUT2D eigenvalue weighted by Gasteiger charge is 2.30. The maximum atomic E-state index is 13.6. The number of rotatable bonds is 58. The summed E-state index contributed by atoms with van der Waals surface area (Å²) in [5.74, 6) is -0.526. The Morgan fingerprint density at radius 3 is 1.26 bits per heavy atom. The monoisotopic (exact) mass is 1110 g/mol. The summed E-state index contributed by atoms with van der Waals surface area (Å²) in [7, 11) is 1.48. The smallest absolute Gasteiger partial charge is 0.456 e. The van der Waals surface area contributed by atoms with E-state index in [4.69, 9.17) is 13.8 Å². The van der Waals surface area contributed by atoms with Gasteiger partial charge in [-0.25, -0.2) is 4.57 Å². The van der Waals surface area contributed by atoms with Crippen molar-refractivity contribution in [3.05, 3.63) is 85.1 Å². The van der Waals surface area contributed by atoms with Gasteiger partial charge in [-0.05, 0) is 102 Å². The van der Waals surface area contributed by atoms with Crippen LogP contribution in [0.4, 0.5) is 0 Å². The van der Waals surface area contributed by atoms with Crippen LogP contribution in [0.3, 0.4) is 0 Å². The number of esters is 1. The molecule has 0 heterocycles. The average Bonchev–Trinajstić information content (AvgIpc) is 3.40. The summed E-state index contributed by atoms with van der Waals surface area (Å²) in [6.45, 7) is 6.88. The van der Waals surface area contributed by atoms with Crippen molar-refractivity contribution in [1.29, 1.82) is 0 Å². The van der Waals surface area contributed by atoms with E-state index >= 15 is 0 Å². The van der Waals surface area contributed by atoms with Crippen molar-refractivity contribution < 1.29 is 37.3 Å². The molecule has 0 saturated heterocycles. The fraction of sp³-hybridized carbons (Fsp3) is 0.765. The molecule has 3 atom stereocenters. The number of nitrogens with one attached hydrogen (secondary N) is 1. The van der Waals surface area contributed by atoms with Crippen LogP contribution < -0.4 is 5.32 Å². The Morgan fingerprint density at radius 2 is 0.821 bits per heavy atom. The Balaban J connectivity index is 5.08. The van der Waals surface area contributed by atoms with Crippen LogP contribution in [0.1, 0.15) is 284 Å². The zero-order chi connectivity index (χ0) is 57.2. The second-order valence-electron chi connectivity index (χ2n) is 22.9. The Kier molecular flexibility index (Phi) is 55.4. The van der Waals surface area contributed by atoms with Crippen LogP contribution in [0.25, 0.3) is 0 Å². The van der Waals surface area contributed by atoms with Crippen molar-refractivity contribution >= 4 is 19.7 Å². The number of likely N-dealkylation sites (N-methyl/N-ethyl adjacent to an activating group) is 1. The number of hydrogen-bond acceptors (Lipinski definition) is 6. The molecule has 9 nitrogen and oxygen atoms in total. The standard InChI is InChI=1S/C68H123N2O7P/c1-7-10-13-16-19-22-25-28-29-30-31-32-33-34-35-36-37-38-39-40-41-43-45-48-51-54-57-60-67(71)69-65(64-76-78(73,74)75-63-62-70(4,5)6)66(59-56-53-50-47-44-27-24-21-18-15-12-9-3)77-68(72)61-58-55-52-49-46-42-26-23-20-17-14-11-8-2/h10,13,19,22,28-29,31-32,34-35,42,46,56,59,65-66H,7-9,11-12,14-18,20-21,23-27,30,33,36-41,43-45,47-55,57-58,60-64H2,1-6H3,(H-,69,71,73,74)/p+1/b13-10-,22-19-,29-28-,32-31-,35-34-,46-42-,59-56-. The highest BCUT2D eigenvalue weighted by Crippen LogP contribution is 2.43. The molecule has 78 heavy (non-hydrogen) atoms. The normalized spacial score (nSPS) is 14.2. The maximum Gasteiger partial charge on any atom is 0.472 e. The molecule has 0 aliphatic heterocycles. The van der Waals surface area contributed by atoms with Crippen molar-refractivity contribution in [2.24, 2.45) is 0 Å². The van der Waals surface area contributed by atoms with E-state index in [1.54, 1.807) is 0 Å². The van der Waals surface area contributed by atoms with Crippen LogP contribution in [0, 0.1) is 0 Å². The van der Waals surface area contributed by atoms with Crippen LogP contribution in [-0.4, -0.2) is 74.3 Å². The lowest BCUT2D eigenvalue weighted by Crippen LogP contribution is -2.47. The number of phosphoric ester groups is 1. The van der Waals surface area contributed by atoms with Gasteiger partial charge in [0.2, 0.25) is 5.91 Å². The van der Waals surface area contributed by atoms with E-state index in [2.05, 4.69) is 99.0 Å². The van der Waals surface area contributed by atoms with Crippen molar-refractivity contribution in [3.8, 4) is 0 Å². The second-order valence-corrected chi connectivity index (χ2v) is 24.4. The Hall–Kier alpha value is -2.81. The first-order chi connectivity index (χ1) is 37.9. The van der Waals surface area contributed by atoms with Gasteiger partial charge in [-0.15, -0.1) is 0 Å². The van der Waals surface area contributed by atoms with Gasteiger partial charge in [0.15, 0.2) is 0 Å². The minimum Gasteiger partial charge on any atom is -0.456 e. The predicted octanol–water partition coefficient (Wildman–Crippen LogP) is 20.2. The van der Waals surface area contributed by atoms with Crippen molar-refractivity contribution in [3.63, 3.8) is 0 Å². The molecule has 0 aromatic rings. The van der Waals surface area contributed by atoms with Crippen LogP contribution in [0.5, 0.6) is 0 Å². The number of phosphoric acid groups is 1. The summed E-state index contributed by atoms with van der Waals surface area (Å²) in [6.07, 6.45) is 75.9. The van der Waals surface area contributed by atoms with Gasteiger partial charge in [0.1, 0.15) is 19.3 Å². The molecule has 2 N–H and O–H groups in total. The van der Waals surface area contributed by atoms with E-state index in [1.165, 1.54) is 148 Å². The molecule has 0 aliphatic rings. The first-order valence-electron chi connectivity index (χ1n) is 32.4. The van der Waals surface area contributed by atoms with Crippen LogP contribution in [0.2, 0.25) is 0 Å². The highest BCUT2D eigenvalue weighted by molar-refractivity contribution is 7.47. The molecule has 0 aliphatic carbocycles. The number of unbranched alkanes of at least 4 members (excludes halogenated alkanes) is 30. The third kappa shape index (κ3) is 57.9. The van der Waals surface area contributed by atoms with E-state index in [0.717, 1.165) is 96.3 Å². The fourth-order valence-electron chi connectivity index (χ4n) is 9.08. The van der Waals surface area contributed by atoms with E-state index < -0.39 is 20.0 Å². The zero-order valence-corrected chi connectivity index (χ0v) is 52.5. The molecule has 0 radical (unpaired) electrons. The van der Waals surface area contributed by atoms with E-state index in [-0.39, 0.29) is 31.5 Å². The molecular weight excluding hydrogens is 988 g/mol.